The minimum atomic E-state index is -3.39. The van der Waals surface area contributed by atoms with Gasteiger partial charge in [0, 0.05) is 0 Å². The quantitative estimate of drug-likeness (QED) is 0.639. The molecule has 0 saturated carbocycles. The van der Waals surface area contributed by atoms with E-state index in [1.807, 2.05) is 32.0 Å². The minimum absolute atomic E-state index is 0.495. The molecule has 6 heteroatoms. The SMILES string of the molecule is Cc1cccc(C)c1NS(=O)(=O)SS. The second kappa shape index (κ2) is 4.46. The first-order chi connectivity index (χ1) is 6.46. The number of thiol groups is 1. The molecule has 1 rings (SSSR count). The summed E-state index contributed by atoms with van der Waals surface area (Å²) in [6.45, 7) is 3.71. The predicted octanol–water partition coefficient (Wildman–Crippen LogP) is 2.54. The molecule has 0 aliphatic heterocycles. The minimum Gasteiger partial charge on any atom is -0.274 e. The molecule has 0 amide bonds. The average molecular weight is 249 g/mol. The van der Waals surface area contributed by atoms with Crippen LogP contribution in [-0.4, -0.2) is 8.42 Å². The van der Waals surface area contributed by atoms with Crippen LogP contribution in [0.2, 0.25) is 0 Å². The number of hydrogen-bond acceptors (Lipinski definition) is 4. The third-order valence-corrected chi connectivity index (χ3v) is 5.06. The zero-order valence-corrected chi connectivity index (χ0v) is 10.3. The van der Waals surface area contributed by atoms with Gasteiger partial charge in [-0.05, 0) is 25.0 Å². The van der Waals surface area contributed by atoms with Gasteiger partial charge >= 0.3 is 0 Å². The molecule has 0 atom stereocenters. The van der Waals surface area contributed by atoms with E-state index in [0.29, 0.717) is 15.5 Å². The predicted molar refractivity (Wildman–Crippen MR) is 65.0 cm³/mol. The zero-order chi connectivity index (χ0) is 10.8. The Morgan fingerprint density at radius 3 is 2.21 bits per heavy atom. The number of aryl methyl sites for hydroxylation is 2. The van der Waals surface area contributed by atoms with Crippen LogP contribution >= 0.6 is 21.5 Å². The highest BCUT2D eigenvalue weighted by Gasteiger charge is 2.11. The molecule has 0 aromatic heterocycles. The van der Waals surface area contributed by atoms with E-state index in [9.17, 15) is 8.42 Å². The number of nitrogens with one attached hydrogen (secondary N) is 1. The number of para-hydroxylation sites is 1. The van der Waals surface area contributed by atoms with E-state index in [0.717, 1.165) is 11.1 Å². The lowest BCUT2D eigenvalue weighted by atomic mass is 10.1. The van der Waals surface area contributed by atoms with Crippen molar-refractivity contribution in [1.82, 2.24) is 0 Å². The van der Waals surface area contributed by atoms with Gasteiger partial charge in [0.15, 0.2) is 0 Å². The molecule has 0 aliphatic carbocycles. The van der Waals surface area contributed by atoms with Gasteiger partial charge in [0.2, 0.25) is 0 Å². The van der Waals surface area contributed by atoms with Crippen LogP contribution in [0.5, 0.6) is 0 Å². The maximum Gasteiger partial charge on any atom is 0.296 e. The fourth-order valence-corrected chi connectivity index (χ4v) is 2.43. The first-order valence-electron chi connectivity index (χ1n) is 3.88. The third kappa shape index (κ3) is 2.83. The van der Waals surface area contributed by atoms with Gasteiger partial charge in [-0.2, -0.15) is 8.42 Å². The van der Waals surface area contributed by atoms with Crippen molar-refractivity contribution in [2.75, 3.05) is 4.72 Å². The van der Waals surface area contributed by atoms with Crippen molar-refractivity contribution in [2.24, 2.45) is 0 Å². The van der Waals surface area contributed by atoms with Crippen molar-refractivity contribution in [3.63, 3.8) is 0 Å². The van der Waals surface area contributed by atoms with Crippen molar-refractivity contribution < 1.29 is 8.42 Å². The van der Waals surface area contributed by atoms with Crippen molar-refractivity contribution in [3.8, 4) is 0 Å². The number of rotatable bonds is 3. The average Bonchev–Trinajstić information content (AvgIpc) is 2.12. The lowest BCUT2D eigenvalue weighted by molar-refractivity contribution is 0.615. The number of hydrogen-bond donors (Lipinski definition) is 2. The van der Waals surface area contributed by atoms with Gasteiger partial charge in [-0.25, -0.2) is 0 Å². The van der Waals surface area contributed by atoms with E-state index in [2.05, 4.69) is 16.4 Å². The van der Waals surface area contributed by atoms with Crippen LogP contribution in [0.3, 0.4) is 0 Å². The van der Waals surface area contributed by atoms with Gasteiger partial charge in [-0.15, -0.1) is 0 Å². The smallest absolute Gasteiger partial charge is 0.274 e. The summed E-state index contributed by atoms with van der Waals surface area (Å²) in [4.78, 5) is 0. The Morgan fingerprint density at radius 2 is 1.79 bits per heavy atom. The monoisotopic (exact) mass is 249 g/mol. The van der Waals surface area contributed by atoms with Crippen molar-refractivity contribution >= 4 is 36.2 Å². The van der Waals surface area contributed by atoms with E-state index in [4.69, 9.17) is 0 Å². The van der Waals surface area contributed by atoms with E-state index < -0.39 is 9.06 Å². The van der Waals surface area contributed by atoms with Gasteiger partial charge in [0.25, 0.3) is 9.06 Å². The summed E-state index contributed by atoms with van der Waals surface area (Å²) in [7, 11) is -2.89. The lowest BCUT2D eigenvalue weighted by Crippen LogP contribution is -2.08. The van der Waals surface area contributed by atoms with Gasteiger partial charge in [0.05, 0.1) is 15.5 Å². The normalized spacial score (nSPS) is 11.4. The molecule has 1 aromatic rings. The summed E-state index contributed by atoms with van der Waals surface area (Å²) in [6.07, 6.45) is 0. The highest BCUT2D eigenvalue weighted by Crippen LogP contribution is 2.25. The van der Waals surface area contributed by atoms with E-state index in [1.165, 1.54) is 0 Å². The fraction of sp³-hybridized carbons (Fsp3) is 0.250. The first-order valence-corrected chi connectivity index (χ1v) is 7.75. The summed E-state index contributed by atoms with van der Waals surface area (Å²) in [5.41, 5.74) is 2.43. The molecule has 1 N–H and O–H groups in total. The largest absolute Gasteiger partial charge is 0.296 e. The Bertz CT molecular complexity index is 408. The summed E-state index contributed by atoms with van der Waals surface area (Å²) >= 11 is 3.67. The van der Waals surface area contributed by atoms with Crippen molar-refractivity contribution in [3.05, 3.63) is 29.3 Å². The third-order valence-electron chi connectivity index (χ3n) is 1.81. The van der Waals surface area contributed by atoms with Gasteiger partial charge in [-0.1, -0.05) is 29.9 Å². The standard InChI is InChI=1S/C8H11NO2S3/c1-6-4-3-5-7(2)8(6)9-14(10,11)13-12/h3-5,9,12H,1-2H3. The Balaban J connectivity index is 3.09. The molecule has 0 radical (unpaired) electrons. The molecule has 0 heterocycles. The van der Waals surface area contributed by atoms with E-state index in [1.54, 1.807) is 0 Å². The molecule has 3 nitrogen and oxygen atoms in total. The van der Waals surface area contributed by atoms with E-state index in [-0.39, 0.29) is 0 Å². The van der Waals surface area contributed by atoms with Crippen molar-refractivity contribution in [2.45, 2.75) is 13.8 Å². The molecule has 0 saturated heterocycles. The van der Waals surface area contributed by atoms with Gasteiger partial charge < -0.3 is 0 Å². The second-order valence-corrected chi connectivity index (χ2v) is 7.26. The van der Waals surface area contributed by atoms with Crippen LogP contribution in [0.1, 0.15) is 11.1 Å². The Morgan fingerprint density at radius 1 is 1.29 bits per heavy atom. The second-order valence-electron chi connectivity index (χ2n) is 2.90. The van der Waals surface area contributed by atoms with E-state index >= 15 is 0 Å². The zero-order valence-electron chi connectivity index (χ0n) is 7.81. The summed E-state index contributed by atoms with van der Waals surface area (Å²) in [5, 5.41) is 0. The van der Waals surface area contributed by atoms with Crippen LogP contribution in [0.15, 0.2) is 18.2 Å². The topological polar surface area (TPSA) is 46.2 Å². The Kier molecular flexibility index (Phi) is 3.74. The maximum atomic E-state index is 11.2. The van der Waals surface area contributed by atoms with Crippen LogP contribution in [0, 0.1) is 13.8 Å². The van der Waals surface area contributed by atoms with Crippen LogP contribution in [0.25, 0.3) is 0 Å². The summed E-state index contributed by atoms with van der Waals surface area (Å²) < 4.78 is 25.0. The molecule has 0 aliphatic rings. The lowest BCUT2D eigenvalue weighted by Gasteiger charge is -2.10. The maximum absolute atomic E-state index is 11.2. The number of benzene rings is 1. The Labute approximate surface area is 92.6 Å². The molecule has 0 spiro atoms. The van der Waals surface area contributed by atoms with Crippen molar-refractivity contribution in [1.29, 1.82) is 0 Å². The molecule has 0 unspecified atom stereocenters. The summed E-state index contributed by atoms with van der Waals surface area (Å²) in [5.74, 6) is 0. The molecule has 78 valence electrons. The number of anilines is 1. The molecule has 1 aromatic carbocycles. The van der Waals surface area contributed by atoms with Crippen LogP contribution in [-0.2, 0) is 9.06 Å². The molecular weight excluding hydrogens is 238 g/mol. The highest BCUT2D eigenvalue weighted by molar-refractivity contribution is 9.02. The highest BCUT2D eigenvalue weighted by atomic mass is 33.5. The Hall–Kier alpha value is -0.330. The summed E-state index contributed by atoms with van der Waals surface area (Å²) in [6, 6.07) is 5.60. The van der Waals surface area contributed by atoms with Crippen LogP contribution < -0.4 is 4.72 Å². The first kappa shape index (κ1) is 11.7. The van der Waals surface area contributed by atoms with Gasteiger partial charge in [-0.3, -0.25) is 4.72 Å². The van der Waals surface area contributed by atoms with Gasteiger partial charge in [0.1, 0.15) is 0 Å². The van der Waals surface area contributed by atoms with Crippen LogP contribution in [0.4, 0.5) is 5.69 Å². The molecule has 0 fully saturated rings. The molecule has 14 heavy (non-hydrogen) atoms. The fourth-order valence-electron chi connectivity index (χ4n) is 1.12. The molecular formula is C8H11NO2S3. The molecule has 0 bridgehead atoms.